The van der Waals surface area contributed by atoms with Crippen molar-refractivity contribution in [3.63, 3.8) is 0 Å². The summed E-state index contributed by atoms with van der Waals surface area (Å²) >= 11 is 0. The van der Waals surface area contributed by atoms with Crippen LogP contribution in [0.4, 0.5) is 5.69 Å². The van der Waals surface area contributed by atoms with E-state index in [2.05, 4.69) is 23.4 Å². The molecule has 0 saturated carbocycles. The van der Waals surface area contributed by atoms with Crippen LogP contribution in [0.2, 0.25) is 0 Å². The van der Waals surface area contributed by atoms with E-state index in [1.807, 2.05) is 35.3 Å². The summed E-state index contributed by atoms with van der Waals surface area (Å²) in [5, 5.41) is 7.63. The summed E-state index contributed by atoms with van der Waals surface area (Å²) in [6.07, 6.45) is 4.97. The molecule has 0 saturated heterocycles. The fourth-order valence-electron chi connectivity index (χ4n) is 1.85. The Morgan fingerprint density at radius 1 is 1.33 bits per heavy atom. The van der Waals surface area contributed by atoms with Gasteiger partial charge in [0.25, 0.3) is 0 Å². The van der Waals surface area contributed by atoms with Gasteiger partial charge in [-0.15, -0.1) is 0 Å². The lowest BCUT2D eigenvalue weighted by Gasteiger charge is -2.08. The van der Waals surface area contributed by atoms with Gasteiger partial charge >= 0.3 is 0 Å². The molecule has 0 fully saturated rings. The Labute approximate surface area is 108 Å². The van der Waals surface area contributed by atoms with Gasteiger partial charge in [0.2, 0.25) is 0 Å². The molecule has 96 valence electrons. The van der Waals surface area contributed by atoms with Gasteiger partial charge in [0.15, 0.2) is 0 Å². The molecular formula is C14H19N3O. The normalized spacial score (nSPS) is 10.3. The molecule has 1 aromatic carbocycles. The number of ether oxygens (including phenoxy) is 1. The molecule has 1 N–H and O–H groups in total. The molecule has 2 rings (SSSR count). The van der Waals surface area contributed by atoms with Crippen molar-refractivity contribution in [3.8, 4) is 5.75 Å². The van der Waals surface area contributed by atoms with E-state index in [0.29, 0.717) is 0 Å². The second-order valence-electron chi connectivity index (χ2n) is 4.16. The molecule has 0 atom stereocenters. The molecule has 4 nitrogen and oxygen atoms in total. The lowest BCUT2D eigenvalue weighted by Crippen LogP contribution is -2.01. The van der Waals surface area contributed by atoms with Crippen LogP contribution in [-0.2, 0) is 13.1 Å². The second kappa shape index (κ2) is 6.10. The second-order valence-corrected chi connectivity index (χ2v) is 4.16. The SMILES string of the molecule is CCCn1cc(NCc2ccccc2OC)cn1. The third-order valence-corrected chi connectivity index (χ3v) is 2.76. The molecule has 0 radical (unpaired) electrons. The van der Waals surface area contributed by atoms with Crippen LogP contribution in [0, 0.1) is 0 Å². The maximum absolute atomic E-state index is 5.32. The summed E-state index contributed by atoms with van der Waals surface area (Å²) in [4.78, 5) is 0. The molecule has 4 heteroatoms. The standard InChI is InChI=1S/C14H19N3O/c1-3-8-17-11-13(10-16-17)15-9-12-6-4-5-7-14(12)18-2/h4-7,10-11,15H,3,8-9H2,1-2H3. The number of nitrogens with one attached hydrogen (secondary N) is 1. The van der Waals surface area contributed by atoms with Crippen molar-refractivity contribution < 1.29 is 4.74 Å². The van der Waals surface area contributed by atoms with Gasteiger partial charge in [-0.25, -0.2) is 0 Å². The molecular weight excluding hydrogens is 226 g/mol. The van der Waals surface area contributed by atoms with Crippen molar-refractivity contribution in [1.29, 1.82) is 0 Å². The van der Waals surface area contributed by atoms with E-state index in [4.69, 9.17) is 4.74 Å². The van der Waals surface area contributed by atoms with Crippen molar-refractivity contribution in [2.24, 2.45) is 0 Å². The first kappa shape index (κ1) is 12.5. The van der Waals surface area contributed by atoms with E-state index >= 15 is 0 Å². The Kier molecular flexibility index (Phi) is 4.23. The van der Waals surface area contributed by atoms with Crippen LogP contribution < -0.4 is 10.1 Å². The van der Waals surface area contributed by atoms with E-state index in [-0.39, 0.29) is 0 Å². The average Bonchev–Trinajstić information content (AvgIpc) is 2.85. The van der Waals surface area contributed by atoms with Crippen LogP contribution in [0.5, 0.6) is 5.75 Å². The zero-order valence-electron chi connectivity index (χ0n) is 10.9. The fourth-order valence-corrected chi connectivity index (χ4v) is 1.85. The van der Waals surface area contributed by atoms with Crippen molar-refractivity contribution in [1.82, 2.24) is 9.78 Å². The van der Waals surface area contributed by atoms with E-state index in [0.717, 1.165) is 36.5 Å². The van der Waals surface area contributed by atoms with E-state index in [9.17, 15) is 0 Å². The minimum atomic E-state index is 0.738. The number of benzene rings is 1. The number of aryl methyl sites for hydroxylation is 1. The largest absolute Gasteiger partial charge is 0.496 e. The molecule has 0 aliphatic heterocycles. The molecule has 0 bridgehead atoms. The average molecular weight is 245 g/mol. The van der Waals surface area contributed by atoms with Crippen molar-refractivity contribution >= 4 is 5.69 Å². The van der Waals surface area contributed by atoms with Crippen LogP contribution in [0.25, 0.3) is 0 Å². The molecule has 0 aliphatic rings. The Balaban J connectivity index is 1.97. The Morgan fingerprint density at radius 3 is 2.94 bits per heavy atom. The zero-order chi connectivity index (χ0) is 12.8. The van der Waals surface area contributed by atoms with Gasteiger partial charge in [-0.05, 0) is 12.5 Å². The van der Waals surface area contributed by atoms with Crippen LogP contribution in [0.1, 0.15) is 18.9 Å². The minimum absolute atomic E-state index is 0.738. The smallest absolute Gasteiger partial charge is 0.123 e. The van der Waals surface area contributed by atoms with Gasteiger partial charge in [-0.1, -0.05) is 25.1 Å². The molecule has 18 heavy (non-hydrogen) atoms. The third kappa shape index (κ3) is 3.03. The third-order valence-electron chi connectivity index (χ3n) is 2.76. The Hall–Kier alpha value is -1.97. The Bertz CT molecular complexity index is 493. The summed E-state index contributed by atoms with van der Waals surface area (Å²) in [6, 6.07) is 8.02. The minimum Gasteiger partial charge on any atom is -0.496 e. The fraction of sp³-hybridized carbons (Fsp3) is 0.357. The van der Waals surface area contributed by atoms with Gasteiger partial charge in [0, 0.05) is 24.8 Å². The van der Waals surface area contributed by atoms with Crippen molar-refractivity contribution in [2.45, 2.75) is 26.4 Å². The maximum Gasteiger partial charge on any atom is 0.123 e. The summed E-state index contributed by atoms with van der Waals surface area (Å²) in [6.45, 7) is 3.84. The molecule has 1 heterocycles. The summed E-state index contributed by atoms with van der Waals surface area (Å²) in [5.74, 6) is 0.908. The highest BCUT2D eigenvalue weighted by Gasteiger charge is 2.02. The number of hydrogen-bond donors (Lipinski definition) is 1. The van der Waals surface area contributed by atoms with E-state index < -0.39 is 0 Å². The number of aromatic nitrogens is 2. The van der Waals surface area contributed by atoms with Crippen LogP contribution in [0.3, 0.4) is 0 Å². The predicted octanol–water partition coefficient (Wildman–Crippen LogP) is 2.91. The maximum atomic E-state index is 5.32. The van der Waals surface area contributed by atoms with Crippen molar-refractivity contribution in [3.05, 3.63) is 42.2 Å². The zero-order valence-corrected chi connectivity index (χ0v) is 10.9. The van der Waals surface area contributed by atoms with Gasteiger partial charge < -0.3 is 10.1 Å². The highest BCUT2D eigenvalue weighted by atomic mass is 16.5. The molecule has 0 spiro atoms. The molecule has 0 amide bonds. The number of anilines is 1. The monoisotopic (exact) mass is 245 g/mol. The topological polar surface area (TPSA) is 39.1 Å². The summed E-state index contributed by atoms with van der Waals surface area (Å²) in [5.41, 5.74) is 2.18. The van der Waals surface area contributed by atoms with E-state index in [1.165, 1.54) is 0 Å². The first-order chi connectivity index (χ1) is 8.83. The molecule has 0 unspecified atom stereocenters. The first-order valence-electron chi connectivity index (χ1n) is 6.21. The van der Waals surface area contributed by atoms with Crippen molar-refractivity contribution in [2.75, 3.05) is 12.4 Å². The number of methoxy groups -OCH3 is 1. The van der Waals surface area contributed by atoms with Gasteiger partial charge in [0.05, 0.1) is 19.0 Å². The Morgan fingerprint density at radius 2 is 2.17 bits per heavy atom. The molecule has 0 aliphatic carbocycles. The van der Waals surface area contributed by atoms with E-state index in [1.54, 1.807) is 7.11 Å². The number of hydrogen-bond acceptors (Lipinski definition) is 3. The van der Waals surface area contributed by atoms with Crippen LogP contribution in [-0.4, -0.2) is 16.9 Å². The number of rotatable bonds is 6. The lowest BCUT2D eigenvalue weighted by molar-refractivity contribution is 0.410. The highest BCUT2D eigenvalue weighted by molar-refractivity contribution is 5.42. The lowest BCUT2D eigenvalue weighted by atomic mass is 10.2. The number of para-hydroxylation sites is 1. The van der Waals surface area contributed by atoms with Gasteiger partial charge in [-0.2, -0.15) is 5.10 Å². The van der Waals surface area contributed by atoms with Gasteiger partial charge in [-0.3, -0.25) is 4.68 Å². The highest BCUT2D eigenvalue weighted by Crippen LogP contribution is 2.18. The predicted molar refractivity (Wildman–Crippen MR) is 72.8 cm³/mol. The van der Waals surface area contributed by atoms with Crippen LogP contribution >= 0.6 is 0 Å². The van der Waals surface area contributed by atoms with Gasteiger partial charge in [0.1, 0.15) is 5.75 Å². The first-order valence-corrected chi connectivity index (χ1v) is 6.21. The molecule has 2 aromatic rings. The van der Waals surface area contributed by atoms with Crippen LogP contribution in [0.15, 0.2) is 36.7 Å². The molecule has 1 aromatic heterocycles. The summed E-state index contributed by atoms with van der Waals surface area (Å²) < 4.78 is 7.27. The number of nitrogens with zero attached hydrogens (tertiary/aromatic N) is 2. The summed E-state index contributed by atoms with van der Waals surface area (Å²) in [7, 11) is 1.69. The quantitative estimate of drug-likeness (QED) is 0.850.